The Balaban J connectivity index is 4.21. The van der Waals surface area contributed by atoms with Gasteiger partial charge in [0.15, 0.2) is 0 Å². The van der Waals surface area contributed by atoms with Gasteiger partial charge in [0, 0.05) is 0 Å². The second-order valence-corrected chi connectivity index (χ2v) is 3.93. The number of hydrogen-bond donors (Lipinski definition) is 0. The lowest BCUT2D eigenvalue weighted by Gasteiger charge is -1.98. The molecule has 0 aliphatic rings. The number of allylic oxidation sites excluding steroid dienone is 6. The standard InChI is InChI=1S/C13H19P/c1-6-11(2)7-8-12(3)13(4)9-10-14-5/h7-10,14H,2-4,6H2,1,5H3/b8-7-,10-9-. The Morgan fingerprint density at radius 2 is 1.64 bits per heavy atom. The zero-order valence-electron chi connectivity index (χ0n) is 9.14. The molecule has 0 saturated heterocycles. The van der Waals surface area contributed by atoms with Crippen molar-refractivity contribution in [3.8, 4) is 0 Å². The molecule has 0 radical (unpaired) electrons. The second-order valence-electron chi connectivity index (χ2n) is 3.02. The van der Waals surface area contributed by atoms with Crippen molar-refractivity contribution in [1.82, 2.24) is 0 Å². The molecule has 0 spiro atoms. The Bertz CT molecular complexity index is 280. The lowest BCUT2D eigenvalue weighted by molar-refractivity contribution is 1.16. The van der Waals surface area contributed by atoms with Gasteiger partial charge in [-0.1, -0.05) is 56.3 Å². The van der Waals surface area contributed by atoms with Gasteiger partial charge in [0.05, 0.1) is 0 Å². The maximum atomic E-state index is 3.94. The van der Waals surface area contributed by atoms with Gasteiger partial charge in [0.2, 0.25) is 0 Å². The topological polar surface area (TPSA) is 0 Å². The van der Waals surface area contributed by atoms with Crippen molar-refractivity contribution < 1.29 is 0 Å². The predicted molar refractivity (Wildman–Crippen MR) is 70.2 cm³/mol. The summed E-state index contributed by atoms with van der Waals surface area (Å²) in [5.74, 6) is 2.11. The zero-order valence-corrected chi connectivity index (χ0v) is 10.1. The average Bonchev–Trinajstić information content (AvgIpc) is 2.21. The molecule has 0 aromatic rings. The monoisotopic (exact) mass is 206 g/mol. The van der Waals surface area contributed by atoms with E-state index in [1.165, 1.54) is 0 Å². The molecule has 0 aliphatic carbocycles. The van der Waals surface area contributed by atoms with Crippen LogP contribution in [0.5, 0.6) is 0 Å². The van der Waals surface area contributed by atoms with E-state index in [0.717, 1.165) is 31.7 Å². The third kappa shape index (κ3) is 5.72. The van der Waals surface area contributed by atoms with Crippen molar-refractivity contribution >= 4 is 8.58 Å². The Morgan fingerprint density at radius 1 is 1.07 bits per heavy atom. The highest BCUT2D eigenvalue weighted by atomic mass is 31.1. The molecule has 1 atom stereocenters. The average molecular weight is 206 g/mol. The first-order valence-electron chi connectivity index (χ1n) is 4.69. The van der Waals surface area contributed by atoms with E-state index in [-0.39, 0.29) is 0 Å². The summed E-state index contributed by atoms with van der Waals surface area (Å²) in [6.07, 6.45) is 6.95. The van der Waals surface area contributed by atoms with E-state index < -0.39 is 0 Å². The molecular weight excluding hydrogens is 187 g/mol. The lowest BCUT2D eigenvalue weighted by atomic mass is 10.1. The van der Waals surface area contributed by atoms with Crippen molar-refractivity contribution in [3.05, 3.63) is 60.5 Å². The van der Waals surface area contributed by atoms with Crippen molar-refractivity contribution in [1.29, 1.82) is 0 Å². The summed E-state index contributed by atoms with van der Waals surface area (Å²) in [4.78, 5) is 0. The molecule has 1 heteroatoms. The molecule has 0 bridgehead atoms. The normalized spacial score (nSPS) is 11.9. The quantitative estimate of drug-likeness (QED) is 0.445. The van der Waals surface area contributed by atoms with E-state index >= 15 is 0 Å². The minimum atomic E-state index is 0.817. The third-order valence-corrected chi connectivity index (χ3v) is 2.34. The molecule has 0 saturated carbocycles. The Hall–Kier alpha value is -0.870. The summed E-state index contributed by atoms with van der Waals surface area (Å²) in [5.41, 5.74) is 3.04. The molecule has 0 fully saturated rings. The van der Waals surface area contributed by atoms with E-state index in [9.17, 15) is 0 Å². The van der Waals surface area contributed by atoms with Crippen LogP contribution in [0.15, 0.2) is 60.5 Å². The fraction of sp³-hybridized carbons (Fsp3) is 0.231. The molecule has 0 heterocycles. The van der Waals surface area contributed by atoms with Crippen LogP contribution in [-0.2, 0) is 0 Å². The predicted octanol–water partition coefficient (Wildman–Crippen LogP) is 4.44. The zero-order chi connectivity index (χ0) is 11.0. The van der Waals surface area contributed by atoms with E-state index in [1.807, 2.05) is 18.2 Å². The van der Waals surface area contributed by atoms with Crippen LogP contribution in [0.1, 0.15) is 13.3 Å². The van der Waals surface area contributed by atoms with Crippen LogP contribution in [-0.4, -0.2) is 6.66 Å². The maximum absolute atomic E-state index is 3.94. The van der Waals surface area contributed by atoms with Gasteiger partial charge >= 0.3 is 0 Å². The summed E-state index contributed by atoms with van der Waals surface area (Å²) in [6, 6.07) is 0. The fourth-order valence-electron chi connectivity index (χ4n) is 0.734. The Kier molecular flexibility index (Phi) is 7.06. The molecule has 76 valence electrons. The molecule has 0 aliphatic heterocycles. The highest BCUT2D eigenvalue weighted by Crippen LogP contribution is 2.13. The van der Waals surface area contributed by atoms with E-state index in [0.29, 0.717) is 0 Å². The minimum absolute atomic E-state index is 0.817. The third-order valence-electron chi connectivity index (χ3n) is 1.84. The lowest BCUT2D eigenvalue weighted by Crippen LogP contribution is -1.78. The summed E-state index contributed by atoms with van der Waals surface area (Å²) >= 11 is 0. The van der Waals surface area contributed by atoms with E-state index in [1.54, 1.807) is 0 Å². The van der Waals surface area contributed by atoms with Gasteiger partial charge < -0.3 is 0 Å². The van der Waals surface area contributed by atoms with Crippen molar-refractivity contribution in [2.24, 2.45) is 0 Å². The molecule has 0 aromatic carbocycles. The van der Waals surface area contributed by atoms with Crippen LogP contribution in [0.25, 0.3) is 0 Å². The van der Waals surface area contributed by atoms with Crippen molar-refractivity contribution in [2.75, 3.05) is 6.66 Å². The number of hydrogen-bond acceptors (Lipinski definition) is 0. The van der Waals surface area contributed by atoms with Crippen molar-refractivity contribution in [3.63, 3.8) is 0 Å². The first-order valence-corrected chi connectivity index (χ1v) is 6.27. The van der Waals surface area contributed by atoms with Crippen LogP contribution in [0.2, 0.25) is 0 Å². The molecule has 0 nitrogen and oxygen atoms in total. The van der Waals surface area contributed by atoms with Gasteiger partial charge in [-0.3, -0.25) is 0 Å². The molecule has 14 heavy (non-hydrogen) atoms. The summed E-state index contributed by atoms with van der Waals surface area (Å²) in [7, 11) is 0.817. The Labute approximate surface area is 89.6 Å². The second kappa shape index (κ2) is 7.53. The van der Waals surface area contributed by atoms with Gasteiger partial charge in [-0.2, -0.15) is 0 Å². The van der Waals surface area contributed by atoms with Gasteiger partial charge in [-0.15, -0.1) is 8.58 Å². The van der Waals surface area contributed by atoms with E-state index in [2.05, 4.69) is 39.1 Å². The fourth-order valence-corrected chi connectivity index (χ4v) is 1.10. The van der Waals surface area contributed by atoms with Crippen LogP contribution < -0.4 is 0 Å². The molecule has 1 unspecified atom stereocenters. The maximum Gasteiger partial charge on any atom is -0.0262 e. The summed E-state index contributed by atoms with van der Waals surface area (Å²) < 4.78 is 0. The first kappa shape index (κ1) is 13.1. The number of rotatable bonds is 6. The molecule has 0 aromatic heterocycles. The van der Waals surface area contributed by atoms with Crippen LogP contribution in [0.3, 0.4) is 0 Å². The molecule has 0 N–H and O–H groups in total. The highest BCUT2D eigenvalue weighted by Gasteiger charge is 1.90. The first-order chi connectivity index (χ1) is 6.61. The van der Waals surface area contributed by atoms with Crippen LogP contribution in [0, 0.1) is 0 Å². The van der Waals surface area contributed by atoms with Crippen LogP contribution in [0.4, 0.5) is 0 Å². The Morgan fingerprint density at radius 3 is 2.14 bits per heavy atom. The SMILES string of the molecule is C=C(/C=C\C(=C)C(=C)/C=C\PC)CC. The van der Waals surface area contributed by atoms with Gasteiger partial charge in [-0.25, -0.2) is 0 Å². The minimum Gasteiger partial charge on any atom is -0.102 e. The highest BCUT2D eigenvalue weighted by molar-refractivity contribution is 7.40. The van der Waals surface area contributed by atoms with Crippen LogP contribution >= 0.6 is 8.58 Å². The van der Waals surface area contributed by atoms with Gasteiger partial charge in [0.25, 0.3) is 0 Å². The summed E-state index contributed by atoms with van der Waals surface area (Å²) in [6.45, 7) is 16.0. The molecular formula is C13H19P. The van der Waals surface area contributed by atoms with E-state index in [4.69, 9.17) is 0 Å². The van der Waals surface area contributed by atoms with Gasteiger partial charge in [-0.05, 0) is 24.2 Å². The molecule has 0 rings (SSSR count). The van der Waals surface area contributed by atoms with Gasteiger partial charge in [0.1, 0.15) is 0 Å². The largest absolute Gasteiger partial charge is 0.102 e. The summed E-state index contributed by atoms with van der Waals surface area (Å²) in [5, 5.41) is 0. The smallest absolute Gasteiger partial charge is 0.0262 e. The van der Waals surface area contributed by atoms with Crippen molar-refractivity contribution in [2.45, 2.75) is 13.3 Å². The molecule has 0 amide bonds.